The number of alkyl halides is 3. The van der Waals surface area contributed by atoms with Gasteiger partial charge in [0.15, 0.2) is 0 Å². The van der Waals surface area contributed by atoms with Gasteiger partial charge in [-0.25, -0.2) is 0 Å². The Morgan fingerprint density at radius 2 is 1.79 bits per heavy atom. The lowest BCUT2D eigenvalue weighted by Gasteiger charge is -2.21. The van der Waals surface area contributed by atoms with Gasteiger partial charge in [0.05, 0.1) is 17.4 Å². The number of pyridine rings is 1. The maximum absolute atomic E-state index is 12.9. The van der Waals surface area contributed by atoms with Crippen LogP contribution in [0.25, 0.3) is 0 Å². The summed E-state index contributed by atoms with van der Waals surface area (Å²) in [6.45, 7) is 0. The Balaban J connectivity index is 1.82. The van der Waals surface area contributed by atoms with Crippen molar-refractivity contribution in [2.24, 2.45) is 0 Å². The van der Waals surface area contributed by atoms with Crippen LogP contribution >= 0.6 is 0 Å². The molecule has 28 heavy (non-hydrogen) atoms. The number of carbonyl (C=O) groups is 1. The maximum atomic E-state index is 12.9. The summed E-state index contributed by atoms with van der Waals surface area (Å²) in [4.78, 5) is 17.6. The van der Waals surface area contributed by atoms with Gasteiger partial charge in [-0.15, -0.1) is 0 Å². The van der Waals surface area contributed by atoms with E-state index in [2.05, 4.69) is 10.3 Å². The van der Waals surface area contributed by atoms with Gasteiger partial charge in [0.25, 0.3) is 5.91 Å². The second-order valence-corrected chi connectivity index (χ2v) is 6.12. The van der Waals surface area contributed by atoms with E-state index < -0.39 is 11.7 Å². The zero-order valence-electron chi connectivity index (χ0n) is 14.9. The number of carbonyl (C=O) groups excluding carboxylic acids is 1. The van der Waals surface area contributed by atoms with Crippen LogP contribution in [0.4, 0.5) is 35.9 Å². The van der Waals surface area contributed by atoms with Crippen LogP contribution in [0.2, 0.25) is 0 Å². The lowest BCUT2D eigenvalue weighted by Crippen LogP contribution is -2.14. The largest absolute Gasteiger partial charge is 0.417 e. The Bertz CT molecular complexity index is 1000. The number of halogens is 3. The normalized spacial score (nSPS) is 11.1. The summed E-state index contributed by atoms with van der Waals surface area (Å²) < 4.78 is 38.7. The first kappa shape index (κ1) is 19.2. The van der Waals surface area contributed by atoms with Gasteiger partial charge in [-0.05, 0) is 42.5 Å². The van der Waals surface area contributed by atoms with Gasteiger partial charge < -0.3 is 16.0 Å². The van der Waals surface area contributed by atoms with Crippen molar-refractivity contribution in [1.29, 1.82) is 0 Å². The zero-order chi connectivity index (χ0) is 20.3. The molecule has 3 rings (SSSR count). The van der Waals surface area contributed by atoms with Crippen molar-refractivity contribution in [2.45, 2.75) is 6.18 Å². The number of hydrogen-bond donors (Lipinski definition) is 2. The van der Waals surface area contributed by atoms with Gasteiger partial charge in [0, 0.05) is 35.9 Å². The van der Waals surface area contributed by atoms with Gasteiger partial charge in [0.2, 0.25) is 0 Å². The summed E-state index contributed by atoms with van der Waals surface area (Å²) in [5, 5.41) is 2.75. The van der Waals surface area contributed by atoms with Crippen molar-refractivity contribution < 1.29 is 18.0 Å². The van der Waals surface area contributed by atoms with Crippen molar-refractivity contribution in [3.05, 3.63) is 78.1 Å². The molecule has 2 aromatic carbocycles. The molecule has 3 aromatic rings. The quantitative estimate of drug-likeness (QED) is 0.638. The summed E-state index contributed by atoms with van der Waals surface area (Å²) in [5.41, 5.74) is 7.09. The molecule has 0 atom stereocenters. The Morgan fingerprint density at radius 1 is 1.04 bits per heavy atom. The Morgan fingerprint density at radius 3 is 2.50 bits per heavy atom. The van der Waals surface area contributed by atoms with E-state index in [9.17, 15) is 18.0 Å². The molecule has 0 saturated carbocycles. The van der Waals surface area contributed by atoms with Crippen molar-refractivity contribution in [3.63, 3.8) is 0 Å². The average molecular weight is 386 g/mol. The van der Waals surface area contributed by atoms with E-state index in [1.165, 1.54) is 6.20 Å². The molecule has 144 valence electrons. The molecule has 1 aromatic heterocycles. The van der Waals surface area contributed by atoms with E-state index in [0.717, 1.165) is 12.3 Å². The van der Waals surface area contributed by atoms with Crippen LogP contribution in [-0.2, 0) is 6.18 Å². The van der Waals surface area contributed by atoms with E-state index in [1.54, 1.807) is 60.5 Å². The molecule has 0 fully saturated rings. The van der Waals surface area contributed by atoms with Crippen molar-refractivity contribution in [3.8, 4) is 0 Å². The predicted molar refractivity (Wildman–Crippen MR) is 103 cm³/mol. The lowest BCUT2D eigenvalue weighted by atomic mass is 10.1. The van der Waals surface area contributed by atoms with E-state index in [-0.39, 0.29) is 11.6 Å². The molecule has 1 amide bonds. The fourth-order valence-corrected chi connectivity index (χ4v) is 2.59. The first-order valence-electron chi connectivity index (χ1n) is 8.27. The van der Waals surface area contributed by atoms with Crippen LogP contribution in [0.3, 0.4) is 0 Å². The molecule has 0 aliphatic heterocycles. The number of hydrogen-bond acceptors (Lipinski definition) is 4. The maximum Gasteiger partial charge on any atom is 0.417 e. The highest BCUT2D eigenvalue weighted by Gasteiger charge is 2.31. The first-order valence-corrected chi connectivity index (χ1v) is 8.27. The monoisotopic (exact) mass is 386 g/mol. The van der Waals surface area contributed by atoms with Crippen molar-refractivity contribution in [2.75, 3.05) is 23.0 Å². The third kappa shape index (κ3) is 4.40. The minimum atomic E-state index is -4.47. The fourth-order valence-electron chi connectivity index (χ4n) is 2.59. The summed E-state index contributed by atoms with van der Waals surface area (Å²) >= 11 is 0. The van der Waals surface area contributed by atoms with Gasteiger partial charge in [-0.2, -0.15) is 13.2 Å². The Labute approximate surface area is 159 Å². The highest BCUT2D eigenvalue weighted by molar-refractivity contribution is 6.05. The fraction of sp³-hybridized carbons (Fsp3) is 0.100. The highest BCUT2D eigenvalue weighted by Crippen LogP contribution is 2.32. The molecule has 0 aliphatic carbocycles. The summed E-state index contributed by atoms with van der Waals surface area (Å²) in [7, 11) is 1.62. The number of aromatic nitrogens is 1. The van der Waals surface area contributed by atoms with Crippen LogP contribution in [-0.4, -0.2) is 17.9 Å². The third-order valence-corrected chi connectivity index (χ3v) is 4.08. The Kier molecular flexibility index (Phi) is 5.21. The van der Waals surface area contributed by atoms with Crippen LogP contribution in [0, 0.1) is 0 Å². The molecular weight excluding hydrogens is 369 g/mol. The molecule has 0 saturated heterocycles. The van der Waals surface area contributed by atoms with Crippen LogP contribution in [0.1, 0.15) is 15.9 Å². The average Bonchev–Trinajstić information content (AvgIpc) is 2.67. The molecule has 1 heterocycles. The lowest BCUT2D eigenvalue weighted by molar-refractivity contribution is -0.137. The van der Waals surface area contributed by atoms with Gasteiger partial charge in [-0.1, -0.05) is 12.1 Å². The van der Waals surface area contributed by atoms with E-state index in [1.807, 2.05) is 0 Å². The van der Waals surface area contributed by atoms with E-state index in [4.69, 9.17) is 5.73 Å². The molecule has 0 unspecified atom stereocenters. The number of nitrogens with one attached hydrogen (secondary N) is 1. The molecular formula is C20H17F3N4O. The zero-order valence-corrected chi connectivity index (χ0v) is 14.9. The molecule has 0 aliphatic rings. The number of rotatable bonds is 4. The number of nitrogens with zero attached hydrogens (tertiary/aromatic N) is 2. The molecule has 0 radical (unpaired) electrons. The van der Waals surface area contributed by atoms with Crippen LogP contribution in [0.15, 0.2) is 67.0 Å². The number of nitrogen functional groups attached to an aromatic ring is 1. The minimum Gasteiger partial charge on any atom is -0.399 e. The van der Waals surface area contributed by atoms with Crippen molar-refractivity contribution in [1.82, 2.24) is 4.98 Å². The molecule has 0 bridgehead atoms. The van der Waals surface area contributed by atoms with Gasteiger partial charge >= 0.3 is 6.18 Å². The summed E-state index contributed by atoms with van der Waals surface area (Å²) in [6, 6.07) is 14.3. The van der Waals surface area contributed by atoms with Crippen LogP contribution < -0.4 is 16.0 Å². The molecule has 5 nitrogen and oxygen atoms in total. The first-order chi connectivity index (χ1) is 13.2. The molecule has 0 spiro atoms. The summed E-state index contributed by atoms with van der Waals surface area (Å²) in [5.74, 6) is -0.340. The second-order valence-electron chi connectivity index (χ2n) is 6.12. The Hall–Kier alpha value is -3.55. The smallest absolute Gasteiger partial charge is 0.399 e. The number of benzene rings is 2. The minimum absolute atomic E-state index is 0.272. The molecule has 8 heteroatoms. The van der Waals surface area contributed by atoms with Crippen molar-refractivity contribution >= 4 is 28.7 Å². The number of amides is 1. The van der Waals surface area contributed by atoms with E-state index in [0.29, 0.717) is 22.6 Å². The standard InChI is InChI=1S/C20H17F3N4O/c1-27(18-9-14(11-25-12-18)20(21,22)23)17-7-3-6-16(10-17)26-19(28)13-4-2-5-15(24)8-13/h2-12H,24H2,1H3,(H,26,28). The third-order valence-electron chi connectivity index (χ3n) is 4.08. The highest BCUT2D eigenvalue weighted by atomic mass is 19.4. The topological polar surface area (TPSA) is 71.2 Å². The molecule has 3 N–H and O–H groups in total. The summed E-state index contributed by atoms with van der Waals surface area (Å²) in [6.07, 6.45) is -2.36. The number of anilines is 4. The van der Waals surface area contributed by atoms with Gasteiger partial charge in [0.1, 0.15) is 0 Å². The second kappa shape index (κ2) is 7.59. The SMILES string of the molecule is CN(c1cccc(NC(=O)c2cccc(N)c2)c1)c1cncc(C(F)(F)F)c1. The van der Waals surface area contributed by atoms with E-state index >= 15 is 0 Å². The van der Waals surface area contributed by atoms with Crippen LogP contribution in [0.5, 0.6) is 0 Å². The number of nitrogens with two attached hydrogens (primary N) is 1. The predicted octanol–water partition coefficient (Wildman–Crippen LogP) is 4.70. The van der Waals surface area contributed by atoms with Gasteiger partial charge in [-0.3, -0.25) is 9.78 Å².